The van der Waals surface area contributed by atoms with Crippen LogP contribution in [0.1, 0.15) is 61.8 Å². The van der Waals surface area contributed by atoms with Gasteiger partial charge in [-0.1, -0.05) is 6.42 Å². The van der Waals surface area contributed by atoms with Crippen LogP contribution in [0.3, 0.4) is 0 Å². The second kappa shape index (κ2) is 6.63. The number of aryl methyl sites for hydroxylation is 3. The minimum absolute atomic E-state index is 0.147. The summed E-state index contributed by atoms with van der Waals surface area (Å²) >= 11 is 0. The highest BCUT2D eigenvalue weighted by Crippen LogP contribution is 2.49. The van der Waals surface area contributed by atoms with E-state index in [9.17, 15) is 4.79 Å². The number of hydrogen-bond donors (Lipinski definition) is 1. The van der Waals surface area contributed by atoms with E-state index in [1.165, 1.54) is 25.7 Å². The lowest BCUT2D eigenvalue weighted by atomic mass is 9.84. The molecule has 0 aliphatic heterocycles. The van der Waals surface area contributed by atoms with Crippen molar-refractivity contribution in [1.82, 2.24) is 24.9 Å². The van der Waals surface area contributed by atoms with Gasteiger partial charge in [0.2, 0.25) is 5.91 Å². The van der Waals surface area contributed by atoms with E-state index in [1.807, 2.05) is 20.8 Å². The number of amides is 1. The molecule has 4 atom stereocenters. The van der Waals surface area contributed by atoms with E-state index >= 15 is 0 Å². The Morgan fingerprint density at radius 3 is 2.73 bits per heavy atom. The van der Waals surface area contributed by atoms with E-state index in [2.05, 4.69) is 27.3 Å². The molecular weight excluding hydrogens is 326 g/mol. The normalized spacial score (nSPS) is 25.8. The van der Waals surface area contributed by atoms with Crippen LogP contribution in [-0.4, -0.2) is 31.5 Å². The van der Waals surface area contributed by atoms with Crippen molar-refractivity contribution in [2.24, 2.45) is 17.8 Å². The number of fused-ring (bicyclic) bond motifs is 3. The topological polar surface area (TPSA) is 72.2 Å². The third-order valence-corrected chi connectivity index (χ3v) is 6.58. The van der Waals surface area contributed by atoms with Crippen molar-refractivity contribution in [1.29, 1.82) is 0 Å². The van der Waals surface area contributed by atoms with Crippen molar-refractivity contribution in [3.63, 3.8) is 0 Å². The van der Waals surface area contributed by atoms with E-state index in [4.69, 9.17) is 0 Å². The number of carbonyl (C=O) groups is 1. The van der Waals surface area contributed by atoms with E-state index < -0.39 is 0 Å². The smallest absolute Gasteiger partial charge is 0.252 e. The lowest BCUT2D eigenvalue weighted by Crippen LogP contribution is -2.40. The van der Waals surface area contributed by atoms with Gasteiger partial charge in [-0.25, -0.2) is 9.50 Å². The minimum Gasteiger partial charge on any atom is -0.353 e. The lowest BCUT2D eigenvalue weighted by Gasteiger charge is -2.28. The van der Waals surface area contributed by atoms with Crippen LogP contribution in [-0.2, 0) is 11.2 Å². The number of nitrogens with one attached hydrogen (secondary N) is 1. The molecule has 6 nitrogen and oxygen atoms in total. The standard InChI is InChI=1S/C20H29N5O/c1-11-17(13(3)25-20(22-11)23-14(4)24-25)7-8-19(26)21-12(2)18-10-15-5-6-16(18)9-15/h12,15-16,18H,5-10H2,1-4H3,(H,21,26)/t12-,15-,16-,18-/m0/s1. The van der Waals surface area contributed by atoms with Gasteiger partial charge in [0.05, 0.1) is 0 Å². The highest BCUT2D eigenvalue weighted by Gasteiger charge is 2.42. The molecule has 2 aliphatic carbocycles. The first kappa shape index (κ1) is 17.4. The Balaban J connectivity index is 1.39. The monoisotopic (exact) mass is 355 g/mol. The van der Waals surface area contributed by atoms with E-state index in [1.54, 1.807) is 4.52 Å². The first-order valence-corrected chi connectivity index (χ1v) is 9.91. The molecule has 2 aromatic rings. The molecule has 0 saturated heterocycles. The molecule has 26 heavy (non-hydrogen) atoms. The Morgan fingerprint density at radius 1 is 1.23 bits per heavy atom. The van der Waals surface area contributed by atoms with Crippen molar-refractivity contribution in [2.45, 2.75) is 72.3 Å². The van der Waals surface area contributed by atoms with Gasteiger partial charge in [-0.2, -0.15) is 10.1 Å². The van der Waals surface area contributed by atoms with Gasteiger partial charge in [-0.05, 0) is 76.7 Å². The van der Waals surface area contributed by atoms with Crippen LogP contribution >= 0.6 is 0 Å². The molecule has 2 aromatic heterocycles. The summed E-state index contributed by atoms with van der Waals surface area (Å²) < 4.78 is 1.79. The van der Waals surface area contributed by atoms with E-state index in [0.717, 1.165) is 34.6 Å². The zero-order valence-corrected chi connectivity index (χ0v) is 16.2. The summed E-state index contributed by atoms with van der Waals surface area (Å²) in [6, 6.07) is 0.290. The number of rotatable bonds is 5. The predicted octanol–water partition coefficient (Wildman–Crippen LogP) is 2.92. The Hall–Kier alpha value is -1.98. The average Bonchev–Trinajstić information content (AvgIpc) is 3.29. The van der Waals surface area contributed by atoms with Crippen LogP contribution < -0.4 is 5.32 Å². The van der Waals surface area contributed by atoms with Crippen LogP contribution in [0.2, 0.25) is 0 Å². The minimum atomic E-state index is 0.147. The Morgan fingerprint density at radius 2 is 2.04 bits per heavy atom. The number of aromatic nitrogens is 4. The quantitative estimate of drug-likeness (QED) is 0.895. The Kier molecular flexibility index (Phi) is 4.45. The fourth-order valence-corrected chi connectivity index (χ4v) is 5.25. The van der Waals surface area contributed by atoms with Crippen LogP contribution in [0.15, 0.2) is 0 Å². The molecular formula is C20H29N5O. The fourth-order valence-electron chi connectivity index (χ4n) is 5.25. The Labute approximate surface area is 154 Å². The second-order valence-corrected chi connectivity index (χ2v) is 8.33. The summed E-state index contributed by atoms with van der Waals surface area (Å²) in [6.07, 6.45) is 6.62. The summed E-state index contributed by atoms with van der Waals surface area (Å²) in [5, 5.41) is 7.67. The number of nitrogens with zero attached hydrogens (tertiary/aromatic N) is 4. The third kappa shape index (κ3) is 3.10. The molecule has 1 N–H and O–H groups in total. The average molecular weight is 355 g/mol. The molecule has 0 radical (unpaired) electrons. The molecule has 4 rings (SSSR count). The number of hydrogen-bond acceptors (Lipinski definition) is 4. The van der Waals surface area contributed by atoms with Gasteiger partial charge >= 0.3 is 0 Å². The molecule has 2 saturated carbocycles. The molecule has 2 heterocycles. The van der Waals surface area contributed by atoms with Gasteiger partial charge in [0, 0.05) is 23.9 Å². The molecule has 2 aliphatic rings. The van der Waals surface area contributed by atoms with Crippen molar-refractivity contribution in [3.05, 3.63) is 22.8 Å². The molecule has 0 spiro atoms. The fraction of sp³-hybridized carbons (Fsp3) is 0.700. The first-order chi connectivity index (χ1) is 12.4. The van der Waals surface area contributed by atoms with Crippen molar-refractivity contribution >= 4 is 11.7 Å². The van der Waals surface area contributed by atoms with Gasteiger partial charge in [0.25, 0.3) is 5.78 Å². The second-order valence-electron chi connectivity index (χ2n) is 8.33. The molecule has 0 unspecified atom stereocenters. The molecule has 0 aromatic carbocycles. The summed E-state index contributed by atoms with van der Waals surface area (Å²) in [4.78, 5) is 21.4. The first-order valence-electron chi connectivity index (χ1n) is 9.91. The molecule has 2 bridgehead atoms. The van der Waals surface area contributed by atoms with Gasteiger partial charge < -0.3 is 5.32 Å². The van der Waals surface area contributed by atoms with Crippen LogP contribution in [0.4, 0.5) is 0 Å². The summed E-state index contributed by atoms with van der Waals surface area (Å²) in [5.74, 6) is 3.93. The maximum atomic E-state index is 12.5. The van der Waals surface area contributed by atoms with Gasteiger partial charge in [0.15, 0.2) is 0 Å². The van der Waals surface area contributed by atoms with E-state index in [-0.39, 0.29) is 5.91 Å². The molecule has 6 heteroatoms. The van der Waals surface area contributed by atoms with Gasteiger partial charge in [-0.15, -0.1) is 0 Å². The van der Waals surface area contributed by atoms with E-state index in [0.29, 0.717) is 30.6 Å². The zero-order valence-electron chi connectivity index (χ0n) is 16.2. The predicted molar refractivity (Wildman–Crippen MR) is 99.9 cm³/mol. The van der Waals surface area contributed by atoms with Crippen molar-refractivity contribution in [3.8, 4) is 0 Å². The van der Waals surface area contributed by atoms with Gasteiger partial charge in [0.1, 0.15) is 5.82 Å². The molecule has 2 fully saturated rings. The lowest BCUT2D eigenvalue weighted by molar-refractivity contribution is -0.122. The van der Waals surface area contributed by atoms with Crippen molar-refractivity contribution < 1.29 is 4.79 Å². The summed E-state index contributed by atoms with van der Waals surface area (Å²) in [5.41, 5.74) is 3.07. The maximum absolute atomic E-state index is 12.5. The van der Waals surface area contributed by atoms with Crippen LogP contribution in [0.5, 0.6) is 0 Å². The molecule has 140 valence electrons. The highest BCUT2D eigenvalue weighted by molar-refractivity contribution is 5.76. The van der Waals surface area contributed by atoms with Crippen LogP contribution in [0, 0.1) is 38.5 Å². The Bertz CT molecular complexity index is 842. The largest absolute Gasteiger partial charge is 0.353 e. The summed E-state index contributed by atoms with van der Waals surface area (Å²) in [6.45, 7) is 8.07. The number of carbonyl (C=O) groups excluding carboxylic acids is 1. The van der Waals surface area contributed by atoms with Crippen LogP contribution in [0.25, 0.3) is 5.78 Å². The highest BCUT2D eigenvalue weighted by atomic mass is 16.1. The third-order valence-electron chi connectivity index (χ3n) is 6.58. The summed E-state index contributed by atoms with van der Waals surface area (Å²) in [7, 11) is 0. The SMILES string of the molecule is Cc1nc2nc(C)c(CCC(=O)N[C@@H](C)[C@@H]3C[C@H]4CC[C@H]3C4)c(C)n2n1. The maximum Gasteiger partial charge on any atom is 0.252 e. The van der Waals surface area contributed by atoms with Gasteiger partial charge in [-0.3, -0.25) is 4.79 Å². The zero-order chi connectivity index (χ0) is 18.4. The van der Waals surface area contributed by atoms with Crippen molar-refractivity contribution in [2.75, 3.05) is 0 Å². The molecule has 1 amide bonds.